The van der Waals surface area contributed by atoms with E-state index in [2.05, 4.69) is 218 Å². The first-order valence-corrected chi connectivity index (χ1v) is 21.4. The zero-order valence-corrected chi connectivity index (χ0v) is 34.9. The number of rotatable bonds is 9. The Morgan fingerprint density at radius 3 is 1.87 bits per heavy atom. The molecule has 11 aromatic rings. The number of fused-ring (bicyclic) bond motifs is 6. The van der Waals surface area contributed by atoms with Gasteiger partial charge in [0.2, 0.25) is 0 Å². The molecular formula is C60H42N2O. The monoisotopic (exact) mass is 806 g/mol. The van der Waals surface area contributed by atoms with Gasteiger partial charge < -0.3 is 8.98 Å². The maximum atomic E-state index is 7.02. The maximum absolute atomic E-state index is 7.02. The molecule has 3 heteroatoms. The van der Waals surface area contributed by atoms with Crippen LogP contribution in [0.3, 0.4) is 0 Å². The van der Waals surface area contributed by atoms with Crippen LogP contribution in [0.2, 0.25) is 0 Å². The Morgan fingerprint density at radius 1 is 0.492 bits per heavy atom. The van der Waals surface area contributed by atoms with Gasteiger partial charge in [0.1, 0.15) is 11.2 Å². The summed E-state index contributed by atoms with van der Waals surface area (Å²) in [6.45, 7) is 6.61. The zero-order valence-electron chi connectivity index (χ0n) is 34.9. The lowest BCUT2D eigenvalue weighted by molar-refractivity contribution is 0.670. The molecule has 0 N–H and O–H groups in total. The molecule has 11 rings (SSSR count). The first-order chi connectivity index (χ1) is 31.1. The van der Waals surface area contributed by atoms with Crippen LogP contribution in [0.15, 0.2) is 240 Å². The molecule has 9 aromatic carbocycles. The summed E-state index contributed by atoms with van der Waals surface area (Å²) in [7, 11) is 0. The number of allylic oxidation sites excluding steroid dienone is 2. The molecule has 0 aliphatic carbocycles. The van der Waals surface area contributed by atoms with Crippen LogP contribution in [-0.2, 0) is 0 Å². The minimum atomic E-state index is 0.689. The third-order valence-corrected chi connectivity index (χ3v) is 12.1. The summed E-state index contributed by atoms with van der Waals surface area (Å²) in [4.78, 5) is 5.32. The molecule has 2 aromatic heterocycles. The van der Waals surface area contributed by atoms with Gasteiger partial charge in [-0.05, 0) is 112 Å². The summed E-state index contributed by atoms with van der Waals surface area (Å²) >= 11 is 0. The Morgan fingerprint density at radius 2 is 1.10 bits per heavy atom. The number of furan rings is 1. The van der Waals surface area contributed by atoms with E-state index in [4.69, 9.17) is 9.41 Å². The van der Waals surface area contributed by atoms with E-state index in [1.807, 2.05) is 24.3 Å². The van der Waals surface area contributed by atoms with Crippen LogP contribution in [0.25, 0.3) is 94.1 Å². The van der Waals surface area contributed by atoms with Crippen LogP contribution < -0.4 is 0 Å². The van der Waals surface area contributed by atoms with Crippen molar-refractivity contribution in [3.8, 4) is 39.1 Å². The lowest BCUT2D eigenvalue weighted by Crippen LogP contribution is -2.00. The van der Waals surface area contributed by atoms with Gasteiger partial charge in [0.05, 0.1) is 22.4 Å². The standard InChI is InChI=1S/C60H42N2O/c1-40(42-19-7-3-8-20-42)35-55(61-41(2)43-21-9-4-10-22-43)51-30-18-32-58-59(51)54-39-48(38-52(60(54)63-58)47-26-17-25-45(36-47)44-23-11-5-12-24-44)46-33-34-57-53(37-46)50-29-15-16-31-56(50)62(57)49-27-13-6-14-28-49/h3-39H,2H2,1H3/b40-35+,61-55?. The van der Waals surface area contributed by atoms with Crippen LogP contribution in [0, 0.1) is 0 Å². The van der Waals surface area contributed by atoms with Gasteiger partial charge in [0.25, 0.3) is 0 Å². The molecule has 0 aliphatic rings. The fourth-order valence-corrected chi connectivity index (χ4v) is 9.03. The third-order valence-electron chi connectivity index (χ3n) is 12.1. The highest BCUT2D eigenvalue weighted by molar-refractivity contribution is 6.25. The predicted molar refractivity (Wildman–Crippen MR) is 266 cm³/mol. The van der Waals surface area contributed by atoms with E-state index < -0.39 is 0 Å². The van der Waals surface area contributed by atoms with Crippen molar-refractivity contribution in [1.29, 1.82) is 0 Å². The molecular weight excluding hydrogens is 765 g/mol. The van der Waals surface area contributed by atoms with Gasteiger partial charge in [0.15, 0.2) is 0 Å². The number of hydrogen-bond acceptors (Lipinski definition) is 2. The van der Waals surface area contributed by atoms with E-state index >= 15 is 0 Å². The fraction of sp³-hybridized carbons (Fsp3) is 0.0167. The Labute approximate surface area is 366 Å². The molecule has 0 unspecified atom stereocenters. The van der Waals surface area contributed by atoms with Crippen molar-refractivity contribution in [2.75, 3.05) is 0 Å². The van der Waals surface area contributed by atoms with Crippen molar-refractivity contribution < 1.29 is 4.42 Å². The molecule has 0 saturated heterocycles. The zero-order chi connectivity index (χ0) is 42.3. The van der Waals surface area contributed by atoms with Gasteiger partial charge in [-0.3, -0.25) is 0 Å². The number of benzene rings is 9. The van der Waals surface area contributed by atoms with Crippen molar-refractivity contribution in [3.05, 3.63) is 248 Å². The molecule has 298 valence electrons. The third kappa shape index (κ3) is 6.96. The SMILES string of the molecule is C=C(N=C(/C=C(\C)c1ccccc1)c1cccc2oc3c(-c4cccc(-c5ccccc5)c4)cc(-c4ccc5c(c4)c4ccccc4n5-c4ccccc4)cc3c12)c1ccccc1. The van der Waals surface area contributed by atoms with Crippen LogP contribution in [0.5, 0.6) is 0 Å². The summed E-state index contributed by atoms with van der Waals surface area (Å²) in [5.41, 5.74) is 17.4. The van der Waals surface area contributed by atoms with Gasteiger partial charge >= 0.3 is 0 Å². The first-order valence-electron chi connectivity index (χ1n) is 21.4. The Balaban J connectivity index is 1.18. The lowest BCUT2D eigenvalue weighted by Gasteiger charge is -2.12. The van der Waals surface area contributed by atoms with Crippen LogP contribution in [0.4, 0.5) is 0 Å². The van der Waals surface area contributed by atoms with Crippen molar-refractivity contribution in [2.45, 2.75) is 6.92 Å². The van der Waals surface area contributed by atoms with Crippen LogP contribution in [0.1, 0.15) is 23.6 Å². The van der Waals surface area contributed by atoms with Crippen LogP contribution >= 0.6 is 0 Å². The topological polar surface area (TPSA) is 30.4 Å². The van der Waals surface area contributed by atoms with E-state index in [1.165, 1.54) is 27.4 Å². The summed E-state index contributed by atoms with van der Waals surface area (Å²) in [6.07, 6.45) is 2.18. The van der Waals surface area contributed by atoms with Crippen LogP contribution in [-0.4, -0.2) is 10.3 Å². The van der Waals surface area contributed by atoms with Crippen molar-refractivity contribution >= 4 is 60.7 Å². The first kappa shape index (κ1) is 37.7. The quantitative estimate of drug-likeness (QED) is 0.134. The second-order valence-electron chi connectivity index (χ2n) is 16.1. The summed E-state index contributed by atoms with van der Waals surface area (Å²) in [5.74, 6) is 0. The second-order valence-corrected chi connectivity index (χ2v) is 16.1. The van der Waals surface area contributed by atoms with E-state index in [0.29, 0.717) is 5.70 Å². The second kappa shape index (κ2) is 16.0. The fourth-order valence-electron chi connectivity index (χ4n) is 9.03. The Hall–Kier alpha value is -8.27. The molecule has 0 radical (unpaired) electrons. The number of nitrogens with zero attached hydrogens (tertiary/aromatic N) is 2. The smallest absolute Gasteiger partial charge is 0.143 e. The highest BCUT2D eigenvalue weighted by Crippen LogP contribution is 2.43. The van der Waals surface area contributed by atoms with E-state index in [9.17, 15) is 0 Å². The number of para-hydroxylation sites is 2. The Bertz CT molecular complexity index is 3560. The minimum absolute atomic E-state index is 0.689. The number of aromatic nitrogens is 1. The molecule has 0 aliphatic heterocycles. The van der Waals surface area contributed by atoms with Gasteiger partial charge in [-0.15, -0.1) is 0 Å². The molecule has 0 bridgehead atoms. The highest BCUT2D eigenvalue weighted by Gasteiger charge is 2.21. The number of hydrogen-bond donors (Lipinski definition) is 0. The highest BCUT2D eigenvalue weighted by atomic mass is 16.3. The molecule has 0 atom stereocenters. The average molecular weight is 807 g/mol. The van der Waals surface area contributed by atoms with E-state index in [1.54, 1.807) is 0 Å². The largest absolute Gasteiger partial charge is 0.455 e. The minimum Gasteiger partial charge on any atom is -0.455 e. The van der Waals surface area contributed by atoms with Crippen molar-refractivity contribution in [3.63, 3.8) is 0 Å². The normalized spacial score (nSPS) is 12.1. The molecule has 3 nitrogen and oxygen atoms in total. The van der Waals surface area contributed by atoms with Gasteiger partial charge in [0, 0.05) is 38.4 Å². The summed E-state index contributed by atoms with van der Waals surface area (Å²) < 4.78 is 9.39. The molecule has 0 spiro atoms. The average Bonchev–Trinajstić information content (AvgIpc) is 3.90. The lowest BCUT2D eigenvalue weighted by atomic mass is 9.92. The number of aliphatic imine (C=N–C) groups is 1. The molecule has 2 heterocycles. The predicted octanol–water partition coefficient (Wildman–Crippen LogP) is 16.2. The van der Waals surface area contributed by atoms with E-state index in [-0.39, 0.29) is 0 Å². The summed E-state index contributed by atoms with van der Waals surface area (Å²) in [6, 6.07) is 77.1. The molecule has 0 saturated carbocycles. The molecule has 0 amide bonds. The maximum Gasteiger partial charge on any atom is 0.143 e. The van der Waals surface area contributed by atoms with Gasteiger partial charge in [-0.1, -0.05) is 170 Å². The van der Waals surface area contributed by atoms with Crippen molar-refractivity contribution in [2.24, 2.45) is 4.99 Å². The molecule has 63 heavy (non-hydrogen) atoms. The molecule has 0 fully saturated rings. The van der Waals surface area contributed by atoms with Gasteiger partial charge in [-0.2, -0.15) is 0 Å². The van der Waals surface area contributed by atoms with Crippen molar-refractivity contribution in [1.82, 2.24) is 4.57 Å². The Kier molecular flexibility index (Phi) is 9.56. The van der Waals surface area contributed by atoms with Gasteiger partial charge in [-0.25, -0.2) is 4.99 Å². The summed E-state index contributed by atoms with van der Waals surface area (Å²) in [5, 5.41) is 4.45. The van der Waals surface area contributed by atoms with E-state index in [0.717, 1.165) is 83.4 Å².